The van der Waals surface area contributed by atoms with Crippen LogP contribution in [-0.2, 0) is 14.3 Å². The number of carbonyl (C=O) groups excluding carboxylic acids is 2. The van der Waals surface area contributed by atoms with Gasteiger partial charge in [0.05, 0.1) is 6.61 Å². The third kappa shape index (κ3) is 9.63. The molecule has 0 unspecified atom stereocenters. The normalized spacial score (nSPS) is 10.8. The van der Waals surface area contributed by atoms with E-state index in [1.807, 2.05) is 0 Å². The van der Waals surface area contributed by atoms with Crippen LogP contribution in [0.1, 0.15) is 39.5 Å². The molecule has 0 spiro atoms. The van der Waals surface area contributed by atoms with Crippen LogP contribution in [0.4, 0.5) is 0 Å². The second-order valence-electron chi connectivity index (χ2n) is 4.63. The summed E-state index contributed by atoms with van der Waals surface area (Å²) in [6.45, 7) is 8.18. The molecule has 0 aliphatic rings. The Kier molecular flexibility index (Phi) is 8.62. The summed E-state index contributed by atoms with van der Waals surface area (Å²) in [6.07, 6.45) is 6.71. The van der Waals surface area contributed by atoms with Crippen molar-refractivity contribution in [2.24, 2.45) is 11.7 Å². The highest BCUT2D eigenvalue weighted by atomic mass is 16.5. The Balaban J connectivity index is 3.60. The second kappa shape index (κ2) is 9.45. The summed E-state index contributed by atoms with van der Waals surface area (Å²) in [5, 5.41) is 0. The number of unbranched alkanes of at least 4 members (excludes halogenated alkanes) is 2. The number of primary amides is 1. The average Bonchev–Trinajstić information content (AvgIpc) is 2.29. The Bertz CT molecular complexity index is 319. The van der Waals surface area contributed by atoms with Gasteiger partial charge in [-0.3, -0.25) is 4.79 Å². The molecule has 0 atom stereocenters. The predicted octanol–water partition coefficient (Wildman–Crippen LogP) is 2.34. The van der Waals surface area contributed by atoms with Gasteiger partial charge in [-0.05, 0) is 18.4 Å². The van der Waals surface area contributed by atoms with Crippen molar-refractivity contribution in [3.63, 3.8) is 0 Å². The van der Waals surface area contributed by atoms with E-state index in [1.54, 1.807) is 0 Å². The van der Waals surface area contributed by atoms with Crippen LogP contribution in [0.2, 0.25) is 0 Å². The average molecular weight is 253 g/mol. The smallest absolute Gasteiger partial charge is 0.330 e. The Morgan fingerprint density at radius 2 is 1.89 bits per heavy atom. The molecule has 0 aliphatic carbocycles. The molecule has 1 amide bonds. The van der Waals surface area contributed by atoms with Gasteiger partial charge in [0.1, 0.15) is 0 Å². The van der Waals surface area contributed by atoms with Crippen LogP contribution in [-0.4, -0.2) is 18.5 Å². The van der Waals surface area contributed by atoms with E-state index in [0.717, 1.165) is 25.2 Å². The third-order valence-corrected chi connectivity index (χ3v) is 2.41. The van der Waals surface area contributed by atoms with E-state index in [2.05, 4.69) is 20.4 Å². The summed E-state index contributed by atoms with van der Waals surface area (Å²) < 4.78 is 4.96. The van der Waals surface area contributed by atoms with Gasteiger partial charge in [0.2, 0.25) is 5.91 Å². The second-order valence-corrected chi connectivity index (χ2v) is 4.63. The van der Waals surface area contributed by atoms with E-state index in [1.165, 1.54) is 18.6 Å². The summed E-state index contributed by atoms with van der Waals surface area (Å²) in [7, 11) is 0. The zero-order valence-electron chi connectivity index (χ0n) is 11.3. The van der Waals surface area contributed by atoms with Gasteiger partial charge in [-0.2, -0.15) is 0 Å². The predicted molar refractivity (Wildman–Crippen MR) is 71.7 cm³/mol. The highest BCUT2D eigenvalue weighted by Gasteiger charge is 2.00. The largest absolute Gasteiger partial charge is 0.463 e. The number of nitrogens with two attached hydrogens (primary N) is 1. The van der Waals surface area contributed by atoms with E-state index >= 15 is 0 Å². The number of amides is 1. The fourth-order valence-electron chi connectivity index (χ4n) is 1.30. The standard InChI is InChI=1S/C14H23NO3/c1-11(2)7-5-4-6-10-18-13(16)9-8-12(3)14(15)17/h8-9,11H,3-7,10H2,1-2H3,(H2,15,17). The van der Waals surface area contributed by atoms with Gasteiger partial charge < -0.3 is 10.5 Å². The lowest BCUT2D eigenvalue weighted by Gasteiger charge is -2.04. The Morgan fingerprint density at radius 3 is 2.44 bits per heavy atom. The van der Waals surface area contributed by atoms with E-state index in [0.29, 0.717) is 6.61 Å². The van der Waals surface area contributed by atoms with Crippen LogP contribution in [0.5, 0.6) is 0 Å². The first-order chi connectivity index (χ1) is 8.43. The minimum atomic E-state index is -0.646. The molecule has 0 radical (unpaired) electrons. The van der Waals surface area contributed by atoms with Gasteiger partial charge >= 0.3 is 5.97 Å². The molecule has 0 aliphatic heterocycles. The summed E-state index contributed by atoms with van der Waals surface area (Å²) in [5.74, 6) is -0.399. The fourth-order valence-corrected chi connectivity index (χ4v) is 1.30. The molecule has 4 heteroatoms. The molecule has 102 valence electrons. The van der Waals surface area contributed by atoms with Crippen LogP contribution in [0.3, 0.4) is 0 Å². The van der Waals surface area contributed by atoms with Crippen molar-refractivity contribution in [2.45, 2.75) is 39.5 Å². The molecule has 4 nitrogen and oxygen atoms in total. The zero-order chi connectivity index (χ0) is 14.0. The minimum Gasteiger partial charge on any atom is -0.463 e. The molecule has 0 bridgehead atoms. The van der Waals surface area contributed by atoms with Crippen LogP contribution in [0, 0.1) is 5.92 Å². The van der Waals surface area contributed by atoms with Gasteiger partial charge in [-0.15, -0.1) is 0 Å². The van der Waals surface area contributed by atoms with Crippen LogP contribution < -0.4 is 5.73 Å². The molecule has 0 fully saturated rings. The zero-order valence-corrected chi connectivity index (χ0v) is 11.3. The van der Waals surface area contributed by atoms with Crippen molar-refractivity contribution in [1.29, 1.82) is 0 Å². The van der Waals surface area contributed by atoms with Crippen molar-refractivity contribution < 1.29 is 14.3 Å². The summed E-state index contributed by atoms with van der Waals surface area (Å²) in [4.78, 5) is 21.8. The van der Waals surface area contributed by atoms with Gasteiger partial charge in [-0.25, -0.2) is 4.79 Å². The maximum atomic E-state index is 11.2. The SMILES string of the molecule is C=C(C=CC(=O)OCCCCCC(C)C)C(N)=O. The van der Waals surface area contributed by atoms with Gasteiger partial charge in [0.25, 0.3) is 0 Å². The minimum absolute atomic E-state index is 0.0869. The maximum absolute atomic E-state index is 11.2. The number of rotatable bonds is 9. The molecule has 18 heavy (non-hydrogen) atoms. The molecule has 0 saturated heterocycles. The van der Waals surface area contributed by atoms with Crippen molar-refractivity contribution in [3.8, 4) is 0 Å². The van der Waals surface area contributed by atoms with E-state index in [-0.39, 0.29) is 5.57 Å². The molecular formula is C14H23NO3. The topological polar surface area (TPSA) is 69.4 Å². The maximum Gasteiger partial charge on any atom is 0.330 e. The third-order valence-electron chi connectivity index (χ3n) is 2.41. The first-order valence-corrected chi connectivity index (χ1v) is 6.27. The molecule has 0 heterocycles. The lowest BCUT2D eigenvalue weighted by Crippen LogP contribution is -2.11. The van der Waals surface area contributed by atoms with Crippen molar-refractivity contribution in [2.75, 3.05) is 6.61 Å². The highest BCUT2D eigenvalue weighted by Crippen LogP contribution is 2.07. The van der Waals surface area contributed by atoms with Crippen LogP contribution in [0.15, 0.2) is 24.3 Å². The van der Waals surface area contributed by atoms with E-state index < -0.39 is 11.9 Å². The van der Waals surface area contributed by atoms with Crippen molar-refractivity contribution >= 4 is 11.9 Å². The van der Waals surface area contributed by atoms with Crippen molar-refractivity contribution in [3.05, 3.63) is 24.3 Å². The van der Waals surface area contributed by atoms with Crippen LogP contribution >= 0.6 is 0 Å². The Morgan fingerprint density at radius 1 is 1.22 bits per heavy atom. The highest BCUT2D eigenvalue weighted by molar-refractivity contribution is 5.95. The van der Waals surface area contributed by atoms with Gasteiger partial charge in [0, 0.05) is 11.6 Å². The first kappa shape index (κ1) is 16.4. The number of esters is 1. The molecular weight excluding hydrogens is 230 g/mol. The van der Waals surface area contributed by atoms with E-state index in [4.69, 9.17) is 10.5 Å². The van der Waals surface area contributed by atoms with Gasteiger partial charge in [-0.1, -0.05) is 39.7 Å². The monoisotopic (exact) mass is 253 g/mol. The van der Waals surface area contributed by atoms with Crippen LogP contribution in [0.25, 0.3) is 0 Å². The number of hydrogen-bond donors (Lipinski definition) is 1. The lowest BCUT2D eigenvalue weighted by atomic mass is 10.1. The molecule has 2 N–H and O–H groups in total. The molecule has 0 aromatic carbocycles. The summed E-state index contributed by atoms with van der Waals surface area (Å²) in [5.41, 5.74) is 5.05. The fraction of sp³-hybridized carbons (Fsp3) is 0.571. The Labute approximate surface area is 109 Å². The lowest BCUT2D eigenvalue weighted by molar-refractivity contribution is -0.137. The molecule has 0 aromatic rings. The van der Waals surface area contributed by atoms with Gasteiger partial charge in [0.15, 0.2) is 0 Å². The summed E-state index contributed by atoms with van der Waals surface area (Å²) in [6, 6.07) is 0. The number of carbonyl (C=O) groups is 2. The van der Waals surface area contributed by atoms with Crippen molar-refractivity contribution in [1.82, 2.24) is 0 Å². The quantitative estimate of drug-likeness (QED) is 0.297. The number of hydrogen-bond acceptors (Lipinski definition) is 3. The summed E-state index contributed by atoms with van der Waals surface area (Å²) >= 11 is 0. The molecule has 0 aromatic heterocycles. The molecule has 0 rings (SSSR count). The first-order valence-electron chi connectivity index (χ1n) is 6.27. The number of ether oxygens (including phenoxy) is 1. The molecule has 0 saturated carbocycles. The van der Waals surface area contributed by atoms with E-state index in [9.17, 15) is 9.59 Å². The Hall–Kier alpha value is -1.58.